The van der Waals surface area contributed by atoms with E-state index in [4.69, 9.17) is 0 Å². The Balaban J connectivity index is 1.76. The average molecular weight is 377 g/mol. The summed E-state index contributed by atoms with van der Waals surface area (Å²) in [4.78, 5) is 13.6. The summed E-state index contributed by atoms with van der Waals surface area (Å²) in [6.07, 6.45) is 0. The van der Waals surface area contributed by atoms with Crippen LogP contribution in [0.2, 0.25) is 0 Å². The van der Waals surface area contributed by atoms with Gasteiger partial charge in [0.2, 0.25) is 5.78 Å². The summed E-state index contributed by atoms with van der Waals surface area (Å²) in [6, 6.07) is 26.8. The molecule has 2 nitrogen and oxygen atoms in total. The maximum Gasteiger partial charge on any atom is 0.209 e. The highest BCUT2D eigenvalue weighted by atomic mass is 16.1. The second-order valence-corrected chi connectivity index (χ2v) is 7.94. The summed E-state index contributed by atoms with van der Waals surface area (Å²) in [7, 11) is 0. The molecule has 2 heterocycles. The molecular formula is C27H23NO. The lowest BCUT2D eigenvalue weighted by molar-refractivity contribution is 0.103. The van der Waals surface area contributed by atoms with Crippen molar-refractivity contribution in [2.75, 3.05) is 0 Å². The zero-order valence-corrected chi connectivity index (χ0v) is 16.9. The predicted octanol–water partition coefficient (Wildman–Crippen LogP) is 6.46. The highest BCUT2D eigenvalue weighted by Crippen LogP contribution is 2.45. The van der Waals surface area contributed by atoms with Crippen LogP contribution >= 0.6 is 0 Å². The van der Waals surface area contributed by atoms with Crippen molar-refractivity contribution in [2.45, 2.75) is 26.7 Å². The lowest BCUT2D eigenvalue weighted by atomic mass is 9.94. The van der Waals surface area contributed by atoms with Gasteiger partial charge in [0.05, 0.1) is 5.69 Å². The second-order valence-electron chi connectivity index (χ2n) is 7.94. The third-order valence-electron chi connectivity index (χ3n) is 6.18. The number of hydrogen-bond donors (Lipinski definition) is 0. The van der Waals surface area contributed by atoms with E-state index in [-0.39, 0.29) is 11.7 Å². The molecule has 1 unspecified atom stereocenters. The maximum absolute atomic E-state index is 13.6. The first kappa shape index (κ1) is 17.7. The van der Waals surface area contributed by atoms with Crippen LogP contribution in [0.4, 0.5) is 0 Å². The van der Waals surface area contributed by atoms with Crippen LogP contribution in [-0.2, 0) is 0 Å². The van der Waals surface area contributed by atoms with Crippen molar-refractivity contribution in [3.8, 4) is 16.8 Å². The standard InChI is InChI=1S/C27H23NO/c1-17-13-14-21(15-18(17)2)27(29)25-16-23(20-9-5-4-6-10-20)26-19(3)22-11-7-8-12-24(22)28(25)26/h4-16,19H,1-3H3. The normalized spacial score (nSPS) is 14.5. The van der Waals surface area contributed by atoms with Crippen molar-refractivity contribution in [2.24, 2.45) is 0 Å². The number of ketones is 1. The number of aryl methyl sites for hydroxylation is 2. The second kappa shape index (κ2) is 6.59. The number of carbonyl (C=O) groups is 1. The van der Waals surface area contributed by atoms with Gasteiger partial charge in [0.25, 0.3) is 0 Å². The van der Waals surface area contributed by atoms with Crippen molar-refractivity contribution in [1.82, 2.24) is 4.57 Å². The molecule has 0 saturated carbocycles. The SMILES string of the molecule is Cc1ccc(C(=O)c2cc(-c3ccccc3)c3n2-c2ccccc2C3C)cc1C. The van der Waals surface area contributed by atoms with Gasteiger partial charge in [-0.15, -0.1) is 0 Å². The molecule has 3 aromatic carbocycles. The fourth-order valence-electron chi connectivity index (χ4n) is 4.46. The fraction of sp³-hybridized carbons (Fsp3) is 0.148. The summed E-state index contributed by atoms with van der Waals surface area (Å²) in [5.74, 6) is 0.308. The van der Waals surface area contributed by atoms with E-state index in [0.717, 1.165) is 33.6 Å². The number of benzene rings is 3. The Hall–Kier alpha value is -3.39. The lowest BCUT2D eigenvalue weighted by Gasteiger charge is -2.09. The number of aromatic nitrogens is 1. The molecule has 142 valence electrons. The molecule has 0 aliphatic carbocycles. The molecule has 0 amide bonds. The number of para-hydroxylation sites is 1. The molecule has 0 saturated heterocycles. The minimum absolute atomic E-state index is 0.0698. The summed E-state index contributed by atoms with van der Waals surface area (Å²) in [6.45, 7) is 6.36. The summed E-state index contributed by atoms with van der Waals surface area (Å²) in [5.41, 5.74) is 9.69. The van der Waals surface area contributed by atoms with Crippen LogP contribution in [0, 0.1) is 13.8 Å². The van der Waals surface area contributed by atoms with E-state index in [0.29, 0.717) is 0 Å². The van der Waals surface area contributed by atoms with Gasteiger partial charge in [-0.2, -0.15) is 0 Å². The summed E-state index contributed by atoms with van der Waals surface area (Å²) >= 11 is 0. The minimum Gasteiger partial charge on any atom is -0.309 e. The van der Waals surface area contributed by atoms with Gasteiger partial charge in [0.1, 0.15) is 0 Å². The zero-order chi connectivity index (χ0) is 20.1. The van der Waals surface area contributed by atoms with Crippen LogP contribution in [0.15, 0.2) is 78.9 Å². The maximum atomic E-state index is 13.6. The van der Waals surface area contributed by atoms with E-state index in [1.807, 2.05) is 30.3 Å². The molecule has 2 heteroatoms. The Morgan fingerprint density at radius 1 is 0.828 bits per heavy atom. The largest absolute Gasteiger partial charge is 0.309 e. The Morgan fingerprint density at radius 3 is 2.31 bits per heavy atom. The molecule has 29 heavy (non-hydrogen) atoms. The van der Waals surface area contributed by atoms with Crippen molar-refractivity contribution in [1.29, 1.82) is 0 Å². The molecule has 0 radical (unpaired) electrons. The number of hydrogen-bond acceptors (Lipinski definition) is 1. The number of fused-ring (bicyclic) bond motifs is 3. The lowest BCUT2D eigenvalue weighted by Crippen LogP contribution is -2.09. The molecule has 0 fully saturated rings. The van der Waals surface area contributed by atoms with E-state index in [2.05, 4.69) is 73.9 Å². The number of rotatable bonds is 3. The van der Waals surface area contributed by atoms with Crippen LogP contribution in [0.5, 0.6) is 0 Å². The third kappa shape index (κ3) is 2.67. The van der Waals surface area contributed by atoms with Crippen molar-refractivity contribution in [3.63, 3.8) is 0 Å². The van der Waals surface area contributed by atoms with E-state index >= 15 is 0 Å². The van der Waals surface area contributed by atoms with Gasteiger partial charge < -0.3 is 4.57 Å². The Morgan fingerprint density at radius 2 is 1.55 bits per heavy atom. The molecule has 1 aliphatic heterocycles. The van der Waals surface area contributed by atoms with Crippen LogP contribution in [0.3, 0.4) is 0 Å². The molecule has 1 aliphatic rings. The van der Waals surface area contributed by atoms with Crippen LogP contribution in [0.25, 0.3) is 16.8 Å². The first-order valence-electron chi connectivity index (χ1n) is 10.1. The van der Waals surface area contributed by atoms with E-state index in [1.165, 1.54) is 16.8 Å². The highest BCUT2D eigenvalue weighted by Gasteiger charge is 2.33. The van der Waals surface area contributed by atoms with Crippen LogP contribution < -0.4 is 0 Å². The van der Waals surface area contributed by atoms with E-state index in [1.54, 1.807) is 0 Å². The molecule has 4 aromatic rings. The van der Waals surface area contributed by atoms with Crippen LogP contribution in [-0.4, -0.2) is 10.4 Å². The highest BCUT2D eigenvalue weighted by molar-refractivity contribution is 6.10. The molecule has 0 spiro atoms. The van der Waals surface area contributed by atoms with Gasteiger partial charge in [-0.05, 0) is 54.3 Å². The van der Waals surface area contributed by atoms with Crippen molar-refractivity contribution < 1.29 is 4.79 Å². The first-order chi connectivity index (χ1) is 14.1. The average Bonchev–Trinajstić information content (AvgIpc) is 3.28. The van der Waals surface area contributed by atoms with Gasteiger partial charge >= 0.3 is 0 Å². The molecule has 0 N–H and O–H groups in total. The number of carbonyl (C=O) groups excluding carboxylic acids is 1. The molecule has 5 rings (SSSR count). The number of nitrogens with zero attached hydrogens (tertiary/aromatic N) is 1. The molecular weight excluding hydrogens is 354 g/mol. The zero-order valence-electron chi connectivity index (χ0n) is 16.9. The third-order valence-corrected chi connectivity index (χ3v) is 6.18. The summed E-state index contributed by atoms with van der Waals surface area (Å²) in [5, 5.41) is 0. The van der Waals surface area contributed by atoms with Gasteiger partial charge in [0.15, 0.2) is 0 Å². The van der Waals surface area contributed by atoms with E-state index < -0.39 is 0 Å². The Labute approximate surface area is 171 Å². The van der Waals surface area contributed by atoms with Gasteiger partial charge in [-0.1, -0.05) is 67.6 Å². The van der Waals surface area contributed by atoms with Gasteiger partial charge in [-0.3, -0.25) is 4.79 Å². The summed E-state index contributed by atoms with van der Waals surface area (Å²) < 4.78 is 2.18. The fourth-order valence-corrected chi connectivity index (χ4v) is 4.46. The predicted molar refractivity (Wildman–Crippen MR) is 118 cm³/mol. The Bertz CT molecular complexity index is 1250. The monoisotopic (exact) mass is 377 g/mol. The van der Waals surface area contributed by atoms with Crippen molar-refractivity contribution >= 4 is 5.78 Å². The van der Waals surface area contributed by atoms with Gasteiger partial charge in [0, 0.05) is 28.4 Å². The van der Waals surface area contributed by atoms with E-state index in [9.17, 15) is 4.79 Å². The minimum atomic E-state index is 0.0698. The van der Waals surface area contributed by atoms with Gasteiger partial charge in [-0.25, -0.2) is 0 Å². The molecule has 1 aromatic heterocycles. The van der Waals surface area contributed by atoms with Crippen LogP contribution in [0.1, 0.15) is 51.3 Å². The quantitative estimate of drug-likeness (QED) is 0.376. The topological polar surface area (TPSA) is 22.0 Å². The molecule has 1 atom stereocenters. The first-order valence-corrected chi connectivity index (χ1v) is 10.1. The molecule has 0 bridgehead atoms. The smallest absolute Gasteiger partial charge is 0.209 e. The van der Waals surface area contributed by atoms with Crippen molar-refractivity contribution in [3.05, 3.63) is 113 Å². The Kier molecular flexibility index (Phi) is 4.02.